The molecule has 4 nitrogen and oxygen atoms in total. The van der Waals surface area contributed by atoms with E-state index < -0.39 is 0 Å². The molecule has 1 aromatic carbocycles. The summed E-state index contributed by atoms with van der Waals surface area (Å²) in [6, 6.07) is 7.84. The topological polar surface area (TPSA) is 39.9 Å². The number of hydrogen-bond donors (Lipinski definition) is 0. The van der Waals surface area contributed by atoms with Gasteiger partial charge >= 0.3 is 0 Å². The first-order valence-corrected chi connectivity index (χ1v) is 6.02. The molecule has 1 aromatic heterocycles. The third-order valence-electron chi connectivity index (χ3n) is 2.56. The highest BCUT2D eigenvalue weighted by Crippen LogP contribution is 2.21. The SMILES string of the molecule is COc1ccc(-c2cn(CC(C)(C)C)nn2)cc1. The smallest absolute Gasteiger partial charge is 0.118 e. The van der Waals surface area contributed by atoms with E-state index in [9.17, 15) is 0 Å². The lowest BCUT2D eigenvalue weighted by atomic mass is 9.97. The molecule has 2 rings (SSSR count). The molecule has 0 unspecified atom stereocenters. The number of ether oxygens (including phenoxy) is 1. The van der Waals surface area contributed by atoms with Gasteiger partial charge in [-0.15, -0.1) is 5.10 Å². The maximum atomic E-state index is 5.13. The number of hydrogen-bond acceptors (Lipinski definition) is 3. The predicted octanol–water partition coefficient (Wildman–Crippen LogP) is 3.00. The van der Waals surface area contributed by atoms with Crippen LogP contribution in [0.5, 0.6) is 5.75 Å². The fourth-order valence-corrected chi connectivity index (χ4v) is 1.76. The second kappa shape index (κ2) is 4.80. The molecule has 0 atom stereocenters. The zero-order valence-electron chi connectivity index (χ0n) is 11.3. The van der Waals surface area contributed by atoms with Crippen LogP contribution in [0.3, 0.4) is 0 Å². The van der Waals surface area contributed by atoms with E-state index in [0.717, 1.165) is 23.6 Å². The van der Waals surface area contributed by atoms with Crippen molar-refractivity contribution in [2.75, 3.05) is 7.11 Å². The molecule has 2 aromatic rings. The maximum Gasteiger partial charge on any atom is 0.118 e. The summed E-state index contributed by atoms with van der Waals surface area (Å²) >= 11 is 0. The molecule has 0 saturated heterocycles. The summed E-state index contributed by atoms with van der Waals surface area (Å²) in [6.07, 6.45) is 1.98. The molecule has 96 valence electrons. The van der Waals surface area contributed by atoms with E-state index in [1.54, 1.807) is 7.11 Å². The quantitative estimate of drug-likeness (QED) is 0.834. The van der Waals surface area contributed by atoms with Crippen molar-refractivity contribution < 1.29 is 4.74 Å². The molecule has 0 bridgehead atoms. The van der Waals surface area contributed by atoms with Gasteiger partial charge in [0.2, 0.25) is 0 Å². The summed E-state index contributed by atoms with van der Waals surface area (Å²) in [5.74, 6) is 0.848. The Kier molecular flexibility index (Phi) is 3.36. The molecular weight excluding hydrogens is 226 g/mol. The highest BCUT2D eigenvalue weighted by atomic mass is 16.5. The van der Waals surface area contributed by atoms with Crippen LogP contribution in [0, 0.1) is 5.41 Å². The van der Waals surface area contributed by atoms with E-state index in [0.29, 0.717) is 0 Å². The van der Waals surface area contributed by atoms with Gasteiger partial charge in [0.15, 0.2) is 0 Å². The highest BCUT2D eigenvalue weighted by Gasteiger charge is 2.13. The molecule has 4 heteroatoms. The van der Waals surface area contributed by atoms with Gasteiger partial charge in [0.25, 0.3) is 0 Å². The summed E-state index contributed by atoms with van der Waals surface area (Å²) in [5, 5.41) is 8.35. The van der Waals surface area contributed by atoms with Crippen LogP contribution in [0.1, 0.15) is 20.8 Å². The Labute approximate surface area is 108 Å². The summed E-state index contributed by atoms with van der Waals surface area (Å²) in [7, 11) is 1.66. The minimum absolute atomic E-state index is 0.199. The first kappa shape index (κ1) is 12.6. The monoisotopic (exact) mass is 245 g/mol. The van der Waals surface area contributed by atoms with Crippen LogP contribution >= 0.6 is 0 Å². The molecule has 0 aliphatic carbocycles. The molecule has 0 spiro atoms. The summed E-state index contributed by atoms with van der Waals surface area (Å²) in [5.41, 5.74) is 2.14. The largest absolute Gasteiger partial charge is 0.497 e. The number of methoxy groups -OCH3 is 1. The van der Waals surface area contributed by atoms with Crippen LogP contribution in [0.25, 0.3) is 11.3 Å². The van der Waals surface area contributed by atoms with Gasteiger partial charge in [0.1, 0.15) is 11.4 Å². The molecule has 0 aliphatic heterocycles. The van der Waals surface area contributed by atoms with Gasteiger partial charge in [0.05, 0.1) is 13.3 Å². The second-order valence-electron chi connectivity index (χ2n) is 5.59. The lowest BCUT2D eigenvalue weighted by molar-refractivity contribution is 0.321. The lowest BCUT2D eigenvalue weighted by Gasteiger charge is -2.16. The first-order chi connectivity index (χ1) is 8.48. The van der Waals surface area contributed by atoms with Crippen molar-refractivity contribution in [2.45, 2.75) is 27.3 Å². The Morgan fingerprint density at radius 2 is 1.83 bits per heavy atom. The number of aromatic nitrogens is 3. The average Bonchev–Trinajstić information content (AvgIpc) is 2.75. The van der Waals surface area contributed by atoms with Crippen molar-refractivity contribution in [3.8, 4) is 17.0 Å². The van der Waals surface area contributed by atoms with Gasteiger partial charge in [-0.05, 0) is 29.7 Å². The summed E-state index contributed by atoms with van der Waals surface area (Å²) in [4.78, 5) is 0. The Morgan fingerprint density at radius 1 is 1.17 bits per heavy atom. The first-order valence-electron chi connectivity index (χ1n) is 6.02. The normalized spacial score (nSPS) is 11.6. The molecule has 18 heavy (non-hydrogen) atoms. The van der Waals surface area contributed by atoms with Crippen LogP contribution in [-0.4, -0.2) is 22.1 Å². The van der Waals surface area contributed by atoms with Gasteiger partial charge in [-0.2, -0.15) is 0 Å². The Balaban J connectivity index is 2.18. The Hall–Kier alpha value is -1.84. The van der Waals surface area contributed by atoms with Crippen LogP contribution in [0.4, 0.5) is 0 Å². The van der Waals surface area contributed by atoms with Crippen molar-refractivity contribution in [3.63, 3.8) is 0 Å². The molecule has 1 heterocycles. The molecule has 0 aliphatic rings. The minimum atomic E-state index is 0.199. The molecule has 0 amide bonds. The second-order valence-corrected chi connectivity index (χ2v) is 5.59. The van der Waals surface area contributed by atoms with Gasteiger partial charge in [0, 0.05) is 12.1 Å². The van der Waals surface area contributed by atoms with E-state index in [1.165, 1.54) is 0 Å². The zero-order valence-corrected chi connectivity index (χ0v) is 11.3. The summed E-state index contributed by atoms with van der Waals surface area (Å²) < 4.78 is 7.02. The predicted molar refractivity (Wildman–Crippen MR) is 71.5 cm³/mol. The molecule has 0 saturated carbocycles. The van der Waals surface area contributed by atoms with E-state index >= 15 is 0 Å². The third kappa shape index (κ3) is 3.09. The average molecular weight is 245 g/mol. The van der Waals surface area contributed by atoms with Crippen LogP contribution in [0.15, 0.2) is 30.5 Å². The standard InChI is InChI=1S/C14H19N3O/c1-14(2,3)10-17-9-13(15-16-17)11-5-7-12(18-4)8-6-11/h5-9H,10H2,1-4H3. The minimum Gasteiger partial charge on any atom is -0.497 e. The number of benzene rings is 1. The molecular formula is C14H19N3O. The van der Waals surface area contributed by atoms with E-state index in [2.05, 4.69) is 31.1 Å². The van der Waals surface area contributed by atoms with Crippen molar-refractivity contribution in [1.29, 1.82) is 0 Å². The Bertz CT molecular complexity index is 509. The molecule has 0 radical (unpaired) electrons. The molecule has 0 fully saturated rings. The maximum absolute atomic E-state index is 5.13. The molecule has 0 N–H and O–H groups in total. The van der Waals surface area contributed by atoms with E-state index in [4.69, 9.17) is 4.74 Å². The van der Waals surface area contributed by atoms with Gasteiger partial charge in [-0.25, -0.2) is 0 Å². The number of rotatable bonds is 3. The van der Waals surface area contributed by atoms with Crippen LogP contribution in [0.2, 0.25) is 0 Å². The highest BCUT2D eigenvalue weighted by molar-refractivity contribution is 5.58. The summed E-state index contributed by atoms with van der Waals surface area (Å²) in [6.45, 7) is 7.40. The third-order valence-corrected chi connectivity index (χ3v) is 2.56. The number of nitrogens with zero attached hydrogens (tertiary/aromatic N) is 3. The van der Waals surface area contributed by atoms with Crippen LogP contribution in [-0.2, 0) is 6.54 Å². The van der Waals surface area contributed by atoms with E-state index in [-0.39, 0.29) is 5.41 Å². The fourth-order valence-electron chi connectivity index (χ4n) is 1.76. The fraction of sp³-hybridized carbons (Fsp3) is 0.429. The van der Waals surface area contributed by atoms with Gasteiger partial charge < -0.3 is 4.74 Å². The van der Waals surface area contributed by atoms with Crippen LogP contribution < -0.4 is 4.74 Å². The van der Waals surface area contributed by atoms with Crippen molar-refractivity contribution in [2.24, 2.45) is 5.41 Å². The lowest BCUT2D eigenvalue weighted by Crippen LogP contribution is -2.15. The Morgan fingerprint density at radius 3 is 2.39 bits per heavy atom. The van der Waals surface area contributed by atoms with Gasteiger partial charge in [-0.3, -0.25) is 4.68 Å². The van der Waals surface area contributed by atoms with Crippen molar-refractivity contribution in [1.82, 2.24) is 15.0 Å². The van der Waals surface area contributed by atoms with Crippen molar-refractivity contribution in [3.05, 3.63) is 30.5 Å². The van der Waals surface area contributed by atoms with Crippen molar-refractivity contribution >= 4 is 0 Å². The zero-order chi connectivity index (χ0) is 13.2. The van der Waals surface area contributed by atoms with Gasteiger partial charge in [-0.1, -0.05) is 26.0 Å². The van der Waals surface area contributed by atoms with E-state index in [1.807, 2.05) is 35.1 Å².